The van der Waals surface area contributed by atoms with Crippen molar-refractivity contribution < 1.29 is 4.79 Å². The predicted octanol–water partition coefficient (Wildman–Crippen LogP) is 4.64. The third kappa shape index (κ3) is 3.24. The van der Waals surface area contributed by atoms with Crippen molar-refractivity contribution in [2.45, 2.75) is 26.7 Å². The quantitative estimate of drug-likeness (QED) is 0.741. The van der Waals surface area contributed by atoms with Crippen LogP contribution in [0.15, 0.2) is 42.5 Å². The molecule has 0 aliphatic carbocycles. The molecule has 0 aliphatic rings. The van der Waals surface area contributed by atoms with E-state index in [1.54, 1.807) is 0 Å². The minimum atomic E-state index is 0.115. The van der Waals surface area contributed by atoms with Crippen LogP contribution in [0.25, 0.3) is 0 Å². The Labute approximate surface area is 119 Å². The minimum Gasteiger partial charge on any atom is -0.294 e. The van der Waals surface area contributed by atoms with Crippen LogP contribution in [0.2, 0.25) is 5.02 Å². The van der Waals surface area contributed by atoms with Crippen molar-refractivity contribution in [2.24, 2.45) is 0 Å². The number of Topliss-reactive ketones (excluding diaryl/α,β-unsaturated/α-hetero) is 1. The highest BCUT2D eigenvalue weighted by molar-refractivity contribution is 6.31. The van der Waals surface area contributed by atoms with E-state index in [9.17, 15) is 4.79 Å². The molecule has 0 saturated carbocycles. The van der Waals surface area contributed by atoms with Gasteiger partial charge in [0, 0.05) is 17.0 Å². The van der Waals surface area contributed by atoms with Crippen molar-refractivity contribution in [1.29, 1.82) is 0 Å². The van der Waals surface area contributed by atoms with Crippen molar-refractivity contribution in [3.63, 3.8) is 0 Å². The molecular weight excluding hydrogens is 256 g/mol. The second kappa shape index (κ2) is 6.03. The number of aryl methyl sites for hydroxylation is 1. The van der Waals surface area contributed by atoms with Gasteiger partial charge in [-0.1, -0.05) is 54.9 Å². The minimum absolute atomic E-state index is 0.115. The Morgan fingerprint density at radius 2 is 1.68 bits per heavy atom. The summed E-state index contributed by atoms with van der Waals surface area (Å²) in [6.07, 6.45) is 1.44. The molecule has 1 nitrogen and oxygen atoms in total. The Morgan fingerprint density at radius 3 is 2.32 bits per heavy atom. The van der Waals surface area contributed by atoms with Gasteiger partial charge in [0.25, 0.3) is 0 Å². The normalized spacial score (nSPS) is 10.5. The van der Waals surface area contributed by atoms with Gasteiger partial charge in [-0.3, -0.25) is 4.79 Å². The molecule has 0 spiro atoms. The second-order valence-corrected chi connectivity index (χ2v) is 5.09. The molecule has 2 aromatic rings. The largest absolute Gasteiger partial charge is 0.294 e. The molecule has 2 aromatic carbocycles. The van der Waals surface area contributed by atoms with E-state index in [2.05, 4.69) is 19.1 Å². The Balaban J connectivity index is 2.18. The zero-order chi connectivity index (χ0) is 13.8. The summed E-state index contributed by atoms with van der Waals surface area (Å²) in [5, 5.41) is 0.646. The lowest BCUT2D eigenvalue weighted by Gasteiger charge is -2.07. The van der Waals surface area contributed by atoms with Gasteiger partial charge in [-0.05, 0) is 36.1 Å². The van der Waals surface area contributed by atoms with E-state index < -0.39 is 0 Å². The Kier molecular flexibility index (Phi) is 4.39. The fourth-order valence-corrected chi connectivity index (χ4v) is 2.26. The van der Waals surface area contributed by atoms with Crippen molar-refractivity contribution >= 4 is 17.4 Å². The summed E-state index contributed by atoms with van der Waals surface area (Å²) in [6, 6.07) is 13.7. The molecule has 0 fully saturated rings. The first kappa shape index (κ1) is 13.8. The van der Waals surface area contributed by atoms with E-state index in [0.717, 1.165) is 17.5 Å². The van der Waals surface area contributed by atoms with Crippen LogP contribution in [0.3, 0.4) is 0 Å². The first-order valence-electron chi connectivity index (χ1n) is 6.48. The van der Waals surface area contributed by atoms with Crippen LogP contribution in [0.5, 0.6) is 0 Å². The summed E-state index contributed by atoms with van der Waals surface area (Å²) in [7, 11) is 0. The fraction of sp³-hybridized carbons (Fsp3) is 0.235. The zero-order valence-electron chi connectivity index (χ0n) is 11.2. The number of rotatable bonds is 4. The number of carbonyl (C=O) groups excluding carboxylic acids is 1. The van der Waals surface area contributed by atoms with Gasteiger partial charge in [-0.2, -0.15) is 0 Å². The summed E-state index contributed by atoms with van der Waals surface area (Å²) in [4.78, 5) is 12.3. The molecule has 0 aliphatic heterocycles. The summed E-state index contributed by atoms with van der Waals surface area (Å²) >= 11 is 6.05. The van der Waals surface area contributed by atoms with Crippen LogP contribution < -0.4 is 0 Å². The monoisotopic (exact) mass is 272 g/mol. The maximum Gasteiger partial charge on any atom is 0.167 e. The van der Waals surface area contributed by atoms with Gasteiger partial charge in [0.05, 0.1) is 0 Å². The Morgan fingerprint density at radius 1 is 1.05 bits per heavy atom. The molecule has 0 unspecified atom stereocenters. The van der Waals surface area contributed by atoms with Gasteiger partial charge in [0.15, 0.2) is 5.78 Å². The average Bonchev–Trinajstić information content (AvgIpc) is 2.42. The molecule has 0 amide bonds. The van der Waals surface area contributed by atoms with Crippen molar-refractivity contribution in [2.75, 3.05) is 0 Å². The van der Waals surface area contributed by atoms with Gasteiger partial charge in [0.2, 0.25) is 0 Å². The van der Waals surface area contributed by atoms with Gasteiger partial charge in [-0.15, -0.1) is 0 Å². The summed E-state index contributed by atoms with van der Waals surface area (Å²) in [6.45, 7) is 4.01. The lowest BCUT2D eigenvalue weighted by Crippen LogP contribution is -2.06. The summed E-state index contributed by atoms with van der Waals surface area (Å²) in [5.74, 6) is 0.115. The van der Waals surface area contributed by atoms with Crippen LogP contribution in [-0.2, 0) is 12.8 Å². The number of hydrogen-bond acceptors (Lipinski definition) is 1. The van der Waals surface area contributed by atoms with E-state index >= 15 is 0 Å². The third-order valence-electron chi connectivity index (χ3n) is 3.36. The maximum atomic E-state index is 12.3. The molecular formula is C17H17ClO. The Hall–Kier alpha value is -1.60. The molecule has 0 N–H and O–H groups in total. The topological polar surface area (TPSA) is 17.1 Å². The first-order valence-corrected chi connectivity index (χ1v) is 6.85. The highest BCUT2D eigenvalue weighted by Gasteiger charge is 2.11. The van der Waals surface area contributed by atoms with Crippen molar-refractivity contribution in [3.8, 4) is 0 Å². The van der Waals surface area contributed by atoms with Crippen molar-refractivity contribution in [3.05, 3.63) is 69.7 Å². The van der Waals surface area contributed by atoms with Crippen LogP contribution in [0.4, 0.5) is 0 Å². The van der Waals surface area contributed by atoms with Gasteiger partial charge < -0.3 is 0 Å². The van der Waals surface area contributed by atoms with E-state index in [4.69, 9.17) is 11.6 Å². The molecule has 19 heavy (non-hydrogen) atoms. The smallest absolute Gasteiger partial charge is 0.167 e. The fourth-order valence-electron chi connectivity index (χ4n) is 2.08. The number of hydrogen-bond donors (Lipinski definition) is 0. The van der Waals surface area contributed by atoms with Crippen LogP contribution in [0.1, 0.15) is 34.0 Å². The van der Waals surface area contributed by atoms with Gasteiger partial charge in [-0.25, -0.2) is 0 Å². The Bertz CT molecular complexity index is 585. The molecule has 0 aromatic heterocycles. The lowest BCUT2D eigenvalue weighted by molar-refractivity contribution is 0.0992. The highest BCUT2D eigenvalue weighted by Crippen LogP contribution is 2.20. The molecule has 0 atom stereocenters. The average molecular weight is 273 g/mol. The predicted molar refractivity (Wildman–Crippen MR) is 80.0 cm³/mol. The number of ketones is 1. The SMILES string of the molecule is CCc1ccc(CC(=O)c2cccc(Cl)c2C)cc1. The van der Waals surface area contributed by atoms with Gasteiger partial charge >= 0.3 is 0 Å². The first-order chi connectivity index (χ1) is 9.11. The van der Waals surface area contributed by atoms with Gasteiger partial charge in [0.1, 0.15) is 0 Å². The lowest BCUT2D eigenvalue weighted by atomic mass is 9.98. The molecule has 0 radical (unpaired) electrons. The molecule has 2 heteroatoms. The van der Waals surface area contributed by atoms with Crippen molar-refractivity contribution in [1.82, 2.24) is 0 Å². The second-order valence-electron chi connectivity index (χ2n) is 4.68. The molecule has 2 rings (SSSR count). The summed E-state index contributed by atoms with van der Waals surface area (Å²) < 4.78 is 0. The number of benzene rings is 2. The standard InChI is InChI=1S/C17H17ClO/c1-3-13-7-9-14(10-8-13)11-17(19)15-5-4-6-16(18)12(15)2/h4-10H,3,11H2,1-2H3. The highest BCUT2D eigenvalue weighted by atomic mass is 35.5. The van der Waals surface area contributed by atoms with Crippen LogP contribution in [-0.4, -0.2) is 5.78 Å². The number of halogens is 1. The molecule has 0 bridgehead atoms. The zero-order valence-corrected chi connectivity index (χ0v) is 12.0. The van der Waals surface area contributed by atoms with Crippen LogP contribution in [0, 0.1) is 6.92 Å². The molecule has 0 saturated heterocycles. The molecule has 98 valence electrons. The summed E-state index contributed by atoms with van der Waals surface area (Å²) in [5.41, 5.74) is 3.91. The van der Waals surface area contributed by atoms with E-state index in [0.29, 0.717) is 17.0 Å². The van der Waals surface area contributed by atoms with E-state index in [1.165, 1.54) is 5.56 Å². The van der Waals surface area contributed by atoms with E-state index in [-0.39, 0.29) is 5.78 Å². The maximum absolute atomic E-state index is 12.3. The van der Waals surface area contributed by atoms with Crippen LogP contribution >= 0.6 is 11.6 Å². The number of carbonyl (C=O) groups is 1. The third-order valence-corrected chi connectivity index (χ3v) is 3.77. The molecule has 0 heterocycles. The van der Waals surface area contributed by atoms with E-state index in [1.807, 2.05) is 37.3 Å².